The van der Waals surface area contributed by atoms with Gasteiger partial charge in [0.15, 0.2) is 11.5 Å². The van der Waals surface area contributed by atoms with Crippen LogP contribution in [0.4, 0.5) is 0 Å². The molecule has 2 aliphatic rings. The van der Waals surface area contributed by atoms with Gasteiger partial charge in [0.2, 0.25) is 6.79 Å². The summed E-state index contributed by atoms with van der Waals surface area (Å²) < 4.78 is 12.0. The second-order valence-electron chi connectivity index (χ2n) is 6.33. The zero-order valence-corrected chi connectivity index (χ0v) is 15.2. The maximum absolute atomic E-state index is 5.47. The van der Waals surface area contributed by atoms with Crippen molar-refractivity contribution in [3.8, 4) is 11.5 Å². The lowest BCUT2D eigenvalue weighted by atomic mass is 10.1. The number of fused-ring (bicyclic) bond motifs is 1. The molecule has 0 radical (unpaired) electrons. The summed E-state index contributed by atoms with van der Waals surface area (Å²) >= 11 is 3.64. The lowest BCUT2D eigenvalue weighted by Crippen LogP contribution is -2.45. The predicted molar refractivity (Wildman–Crippen MR) is 97.3 cm³/mol. The first-order valence-electron chi connectivity index (χ1n) is 8.34. The van der Waals surface area contributed by atoms with Crippen LogP contribution in [0, 0.1) is 0 Å². The highest BCUT2D eigenvalue weighted by atomic mass is 79.9. The van der Waals surface area contributed by atoms with Crippen molar-refractivity contribution in [3.63, 3.8) is 0 Å². The second-order valence-corrected chi connectivity index (χ2v) is 7.19. The third-order valence-electron chi connectivity index (χ3n) is 4.66. The van der Waals surface area contributed by atoms with E-state index in [0.29, 0.717) is 6.79 Å². The van der Waals surface area contributed by atoms with Crippen LogP contribution in [-0.4, -0.2) is 42.8 Å². The van der Waals surface area contributed by atoms with Gasteiger partial charge >= 0.3 is 0 Å². The molecule has 1 saturated heterocycles. The lowest BCUT2D eigenvalue weighted by Gasteiger charge is -2.35. The highest BCUT2D eigenvalue weighted by molar-refractivity contribution is 9.10. The molecular weight excluding hydrogens is 368 g/mol. The molecule has 2 aromatic rings. The van der Waals surface area contributed by atoms with Crippen molar-refractivity contribution in [1.82, 2.24) is 9.80 Å². The van der Waals surface area contributed by atoms with Gasteiger partial charge in [-0.1, -0.05) is 40.2 Å². The Morgan fingerprint density at radius 3 is 2.33 bits per heavy atom. The predicted octanol–water partition coefficient (Wildman–Crippen LogP) is 3.50. The van der Waals surface area contributed by atoms with Crippen LogP contribution in [0.2, 0.25) is 0 Å². The third kappa shape index (κ3) is 3.58. The van der Waals surface area contributed by atoms with E-state index in [2.05, 4.69) is 62.1 Å². The topological polar surface area (TPSA) is 24.9 Å². The molecule has 0 unspecified atom stereocenters. The van der Waals surface area contributed by atoms with E-state index in [1.165, 1.54) is 15.6 Å². The van der Waals surface area contributed by atoms with Crippen LogP contribution in [0.25, 0.3) is 0 Å². The first kappa shape index (κ1) is 15.9. The molecule has 0 N–H and O–H groups in total. The molecule has 0 aliphatic carbocycles. The summed E-state index contributed by atoms with van der Waals surface area (Å²) in [6.07, 6.45) is 0. The Labute approximate surface area is 151 Å². The fourth-order valence-corrected chi connectivity index (χ4v) is 3.68. The van der Waals surface area contributed by atoms with Crippen LogP contribution in [0.3, 0.4) is 0 Å². The molecule has 2 heterocycles. The zero-order chi connectivity index (χ0) is 16.4. The quantitative estimate of drug-likeness (QED) is 0.799. The highest BCUT2D eigenvalue weighted by Crippen LogP contribution is 2.32. The summed E-state index contributed by atoms with van der Waals surface area (Å²) in [6, 6.07) is 14.7. The van der Waals surface area contributed by atoms with Crippen LogP contribution in [-0.2, 0) is 13.1 Å². The van der Waals surface area contributed by atoms with Crippen molar-refractivity contribution in [2.75, 3.05) is 33.0 Å². The molecule has 2 aromatic carbocycles. The highest BCUT2D eigenvalue weighted by Gasteiger charge is 2.19. The molecule has 0 spiro atoms. The summed E-state index contributed by atoms with van der Waals surface area (Å²) in [5.41, 5.74) is 2.65. The van der Waals surface area contributed by atoms with E-state index in [0.717, 1.165) is 50.8 Å². The molecule has 1 fully saturated rings. The van der Waals surface area contributed by atoms with Crippen molar-refractivity contribution in [1.29, 1.82) is 0 Å². The Kier molecular flexibility index (Phi) is 4.74. The van der Waals surface area contributed by atoms with Gasteiger partial charge in [-0.25, -0.2) is 0 Å². The zero-order valence-electron chi connectivity index (χ0n) is 13.6. The third-order valence-corrected chi connectivity index (χ3v) is 5.43. The Balaban J connectivity index is 1.31. The molecule has 0 atom stereocenters. The van der Waals surface area contributed by atoms with Crippen LogP contribution in [0.1, 0.15) is 11.1 Å². The van der Waals surface area contributed by atoms with Crippen molar-refractivity contribution in [2.24, 2.45) is 0 Å². The SMILES string of the molecule is Brc1ccccc1CN1CCN(Cc2ccc3c(c2)OCO3)CC1. The maximum atomic E-state index is 5.47. The van der Waals surface area contributed by atoms with Crippen molar-refractivity contribution < 1.29 is 9.47 Å². The van der Waals surface area contributed by atoms with Gasteiger partial charge in [-0.2, -0.15) is 0 Å². The first-order valence-corrected chi connectivity index (χ1v) is 9.14. The van der Waals surface area contributed by atoms with Gasteiger partial charge in [-0.05, 0) is 29.3 Å². The number of benzene rings is 2. The van der Waals surface area contributed by atoms with Gasteiger partial charge in [0.05, 0.1) is 0 Å². The Morgan fingerprint density at radius 2 is 1.54 bits per heavy atom. The number of rotatable bonds is 4. The monoisotopic (exact) mass is 388 g/mol. The largest absolute Gasteiger partial charge is 0.454 e. The number of hydrogen-bond acceptors (Lipinski definition) is 4. The van der Waals surface area contributed by atoms with Gasteiger partial charge in [0.25, 0.3) is 0 Å². The Bertz CT molecular complexity index is 714. The summed E-state index contributed by atoms with van der Waals surface area (Å²) in [5, 5.41) is 0. The molecule has 4 nitrogen and oxygen atoms in total. The summed E-state index contributed by atoms with van der Waals surface area (Å²) in [4.78, 5) is 5.03. The summed E-state index contributed by atoms with van der Waals surface area (Å²) in [7, 11) is 0. The molecule has 0 bridgehead atoms. The van der Waals surface area contributed by atoms with Crippen LogP contribution in [0.15, 0.2) is 46.9 Å². The Morgan fingerprint density at radius 1 is 0.833 bits per heavy atom. The maximum Gasteiger partial charge on any atom is 0.231 e. The van der Waals surface area contributed by atoms with E-state index in [9.17, 15) is 0 Å². The van der Waals surface area contributed by atoms with Gasteiger partial charge in [-0.3, -0.25) is 9.80 Å². The van der Waals surface area contributed by atoms with E-state index < -0.39 is 0 Å². The average molecular weight is 389 g/mol. The van der Waals surface area contributed by atoms with Gasteiger partial charge < -0.3 is 9.47 Å². The van der Waals surface area contributed by atoms with Crippen LogP contribution in [0.5, 0.6) is 11.5 Å². The molecule has 126 valence electrons. The second kappa shape index (κ2) is 7.13. The van der Waals surface area contributed by atoms with E-state index in [4.69, 9.17) is 9.47 Å². The van der Waals surface area contributed by atoms with Crippen molar-refractivity contribution >= 4 is 15.9 Å². The molecular formula is C19H21BrN2O2. The van der Waals surface area contributed by atoms with Gasteiger partial charge in [0.1, 0.15) is 0 Å². The number of ether oxygens (including phenoxy) is 2. The number of nitrogens with zero attached hydrogens (tertiary/aromatic N) is 2. The van der Waals surface area contributed by atoms with Crippen molar-refractivity contribution in [3.05, 3.63) is 58.1 Å². The molecule has 0 aromatic heterocycles. The van der Waals surface area contributed by atoms with Gasteiger partial charge in [0, 0.05) is 43.7 Å². The minimum absolute atomic E-state index is 0.340. The van der Waals surface area contributed by atoms with E-state index in [-0.39, 0.29) is 0 Å². The number of hydrogen-bond donors (Lipinski definition) is 0. The fourth-order valence-electron chi connectivity index (χ4n) is 3.27. The minimum atomic E-state index is 0.340. The molecule has 2 aliphatic heterocycles. The smallest absolute Gasteiger partial charge is 0.231 e. The first-order chi connectivity index (χ1) is 11.8. The Hall–Kier alpha value is -1.56. The van der Waals surface area contributed by atoms with E-state index >= 15 is 0 Å². The van der Waals surface area contributed by atoms with Crippen LogP contribution >= 0.6 is 15.9 Å². The van der Waals surface area contributed by atoms with Gasteiger partial charge in [-0.15, -0.1) is 0 Å². The summed E-state index contributed by atoms with van der Waals surface area (Å²) in [6.45, 7) is 6.72. The van der Waals surface area contributed by atoms with Crippen molar-refractivity contribution in [2.45, 2.75) is 13.1 Å². The van der Waals surface area contributed by atoms with E-state index in [1.54, 1.807) is 0 Å². The average Bonchev–Trinajstić information content (AvgIpc) is 3.06. The normalized spacial score (nSPS) is 18.0. The fraction of sp³-hybridized carbons (Fsp3) is 0.368. The molecule has 0 amide bonds. The lowest BCUT2D eigenvalue weighted by molar-refractivity contribution is 0.122. The summed E-state index contributed by atoms with van der Waals surface area (Å²) in [5.74, 6) is 1.73. The molecule has 5 heteroatoms. The number of piperazine rings is 1. The van der Waals surface area contributed by atoms with E-state index in [1.807, 2.05) is 6.07 Å². The standard InChI is InChI=1S/C19H21BrN2O2/c20-17-4-2-1-3-16(17)13-22-9-7-21(8-10-22)12-15-5-6-18-19(11-15)24-14-23-18/h1-6,11H,7-10,12-14H2. The minimum Gasteiger partial charge on any atom is -0.454 e. The molecule has 0 saturated carbocycles. The molecule has 4 rings (SSSR count). The number of halogens is 1. The molecule has 24 heavy (non-hydrogen) atoms. The van der Waals surface area contributed by atoms with Crippen LogP contribution < -0.4 is 9.47 Å².